The predicted molar refractivity (Wildman–Crippen MR) is 50.0 cm³/mol. The molecule has 0 saturated heterocycles. The van der Waals surface area contributed by atoms with Gasteiger partial charge < -0.3 is 10.4 Å². The minimum atomic E-state index is -4.60. The van der Waals surface area contributed by atoms with Crippen LogP contribution in [0.1, 0.15) is 20.3 Å². The fourth-order valence-corrected chi connectivity index (χ4v) is 0.913. The van der Waals surface area contributed by atoms with Gasteiger partial charge in [-0.15, -0.1) is 0 Å². The molecule has 0 fully saturated rings. The van der Waals surface area contributed by atoms with Crippen LogP contribution in [-0.2, 0) is 9.59 Å². The lowest BCUT2D eigenvalue weighted by Crippen LogP contribution is -2.45. The van der Waals surface area contributed by atoms with E-state index in [4.69, 9.17) is 5.11 Å². The fourth-order valence-electron chi connectivity index (χ4n) is 0.913. The summed E-state index contributed by atoms with van der Waals surface area (Å²) in [7, 11) is 0. The summed E-state index contributed by atoms with van der Waals surface area (Å²) in [5.41, 5.74) is -2.30. The smallest absolute Gasteiger partial charge is 0.394 e. The molecule has 8 heteroatoms. The zero-order chi connectivity index (χ0) is 13.9. The van der Waals surface area contributed by atoms with Crippen molar-refractivity contribution >= 4 is 11.9 Å². The topological polar surface area (TPSA) is 66.4 Å². The van der Waals surface area contributed by atoms with Gasteiger partial charge in [0.25, 0.3) is 0 Å². The molecule has 0 heterocycles. The first-order valence-corrected chi connectivity index (χ1v) is 4.66. The van der Waals surface area contributed by atoms with E-state index in [2.05, 4.69) is 0 Å². The maximum atomic E-state index is 12.4. The molecule has 0 aliphatic rings. The first-order chi connectivity index (χ1) is 7.51. The predicted octanol–water partition coefficient (Wildman–Crippen LogP) is 1.50. The van der Waals surface area contributed by atoms with E-state index in [0.717, 1.165) is 13.8 Å². The second kappa shape index (κ2) is 5.33. The van der Waals surface area contributed by atoms with Crippen molar-refractivity contribution < 1.29 is 32.3 Å². The van der Waals surface area contributed by atoms with E-state index < -0.39 is 42.6 Å². The molecule has 100 valence electrons. The van der Waals surface area contributed by atoms with Crippen molar-refractivity contribution in [1.82, 2.24) is 5.32 Å². The second-order valence-electron chi connectivity index (χ2n) is 4.17. The van der Waals surface area contributed by atoms with Crippen LogP contribution in [-0.4, -0.2) is 35.9 Å². The summed E-state index contributed by atoms with van der Waals surface area (Å²) >= 11 is 0. The summed E-state index contributed by atoms with van der Waals surface area (Å²) in [4.78, 5) is 21.5. The van der Waals surface area contributed by atoms with Crippen LogP contribution in [0.5, 0.6) is 0 Å². The van der Waals surface area contributed by atoms with Gasteiger partial charge in [0, 0.05) is 6.42 Å². The van der Waals surface area contributed by atoms with E-state index in [1.807, 2.05) is 0 Å². The van der Waals surface area contributed by atoms with Crippen molar-refractivity contribution in [2.24, 2.45) is 5.41 Å². The van der Waals surface area contributed by atoms with Crippen molar-refractivity contribution in [3.63, 3.8) is 0 Å². The number of halogens is 4. The lowest BCUT2D eigenvalue weighted by atomic mass is 9.88. The first-order valence-electron chi connectivity index (χ1n) is 4.66. The highest BCUT2D eigenvalue weighted by Gasteiger charge is 2.48. The lowest BCUT2D eigenvalue weighted by Gasteiger charge is -2.27. The highest BCUT2D eigenvalue weighted by Crippen LogP contribution is 2.40. The van der Waals surface area contributed by atoms with Crippen molar-refractivity contribution in [3.05, 3.63) is 0 Å². The van der Waals surface area contributed by atoms with Crippen LogP contribution in [0.3, 0.4) is 0 Å². The molecule has 1 atom stereocenters. The van der Waals surface area contributed by atoms with E-state index in [-0.39, 0.29) is 0 Å². The largest absolute Gasteiger partial charge is 0.480 e. The number of alkyl halides is 4. The third-order valence-corrected chi connectivity index (χ3v) is 2.16. The second-order valence-corrected chi connectivity index (χ2v) is 4.17. The molecular formula is C9H13F4NO3. The molecule has 0 saturated carbocycles. The van der Waals surface area contributed by atoms with Gasteiger partial charge in [-0.3, -0.25) is 4.79 Å². The van der Waals surface area contributed by atoms with Crippen LogP contribution in [0.2, 0.25) is 0 Å². The fraction of sp³-hybridized carbons (Fsp3) is 0.778. The van der Waals surface area contributed by atoms with Gasteiger partial charge in [-0.1, -0.05) is 13.8 Å². The van der Waals surface area contributed by atoms with Gasteiger partial charge in [0.2, 0.25) is 5.91 Å². The molecular weight excluding hydrogens is 246 g/mol. The van der Waals surface area contributed by atoms with E-state index in [9.17, 15) is 27.2 Å². The standard InChI is InChI=1S/C9H13F4NO3/c1-8(2,9(11,12)13)3-6(15)14-5(4-10)7(16)17/h5H,3-4H2,1-2H3,(H,14,15)(H,16,17). The van der Waals surface area contributed by atoms with Crippen LogP contribution in [0.4, 0.5) is 17.6 Å². The molecule has 0 bridgehead atoms. The first kappa shape index (κ1) is 15.7. The number of carbonyl (C=O) groups excluding carboxylic acids is 1. The van der Waals surface area contributed by atoms with Gasteiger partial charge in [0.1, 0.15) is 6.67 Å². The zero-order valence-electron chi connectivity index (χ0n) is 9.27. The third-order valence-electron chi connectivity index (χ3n) is 2.16. The van der Waals surface area contributed by atoms with E-state index >= 15 is 0 Å². The Kier molecular flexibility index (Phi) is 4.91. The van der Waals surface area contributed by atoms with Crippen LogP contribution < -0.4 is 5.32 Å². The summed E-state index contributed by atoms with van der Waals surface area (Å²) in [6.07, 6.45) is -5.56. The monoisotopic (exact) mass is 259 g/mol. The number of aliphatic carboxylic acids is 1. The average molecular weight is 259 g/mol. The van der Waals surface area contributed by atoms with E-state index in [1.54, 1.807) is 5.32 Å². The number of hydrogen-bond donors (Lipinski definition) is 2. The lowest BCUT2D eigenvalue weighted by molar-refractivity contribution is -0.213. The van der Waals surface area contributed by atoms with Gasteiger partial charge >= 0.3 is 12.1 Å². The number of carboxylic acids is 1. The summed E-state index contributed by atoms with van der Waals surface area (Å²) in [6.45, 7) is 0.225. The maximum absolute atomic E-state index is 12.4. The van der Waals surface area contributed by atoms with Crippen molar-refractivity contribution in [1.29, 1.82) is 0 Å². The maximum Gasteiger partial charge on any atom is 0.394 e. The number of rotatable bonds is 5. The van der Waals surface area contributed by atoms with Crippen molar-refractivity contribution in [2.45, 2.75) is 32.5 Å². The Morgan fingerprint density at radius 1 is 1.29 bits per heavy atom. The molecule has 0 radical (unpaired) electrons. The van der Waals surface area contributed by atoms with E-state index in [0.29, 0.717) is 0 Å². The van der Waals surface area contributed by atoms with Crippen LogP contribution in [0, 0.1) is 5.41 Å². The quantitative estimate of drug-likeness (QED) is 0.735. The molecule has 0 rings (SSSR count). The van der Waals surface area contributed by atoms with Gasteiger partial charge in [-0.2, -0.15) is 13.2 Å². The van der Waals surface area contributed by atoms with Crippen LogP contribution >= 0.6 is 0 Å². The van der Waals surface area contributed by atoms with Gasteiger partial charge in [0.15, 0.2) is 6.04 Å². The summed E-state index contributed by atoms with van der Waals surface area (Å²) in [6, 6.07) is -1.81. The Morgan fingerprint density at radius 3 is 2.06 bits per heavy atom. The molecule has 0 aliphatic carbocycles. The Labute approximate surface area is 95.0 Å². The normalized spacial score (nSPS) is 14.2. The minimum Gasteiger partial charge on any atom is -0.480 e. The minimum absolute atomic E-state index is 0.803. The molecule has 1 unspecified atom stereocenters. The third kappa shape index (κ3) is 4.58. The molecule has 0 spiro atoms. The SMILES string of the molecule is CC(C)(CC(=O)NC(CF)C(=O)O)C(F)(F)F. The molecule has 0 aliphatic heterocycles. The summed E-state index contributed by atoms with van der Waals surface area (Å²) in [5.74, 6) is -2.79. The Bertz CT molecular complexity index is 301. The van der Waals surface area contributed by atoms with Crippen molar-refractivity contribution in [2.75, 3.05) is 6.67 Å². The van der Waals surface area contributed by atoms with E-state index in [1.165, 1.54) is 0 Å². The molecule has 0 aromatic rings. The molecule has 1 amide bonds. The van der Waals surface area contributed by atoms with Gasteiger partial charge in [0.05, 0.1) is 5.41 Å². The molecule has 4 nitrogen and oxygen atoms in total. The molecule has 0 aromatic carbocycles. The summed E-state index contributed by atoms with van der Waals surface area (Å²) in [5, 5.41) is 10.1. The number of carboxylic acid groups (broad SMARTS) is 1. The molecule has 2 N–H and O–H groups in total. The Hall–Kier alpha value is -1.34. The van der Waals surface area contributed by atoms with Gasteiger partial charge in [-0.05, 0) is 0 Å². The van der Waals surface area contributed by atoms with Gasteiger partial charge in [-0.25, -0.2) is 9.18 Å². The van der Waals surface area contributed by atoms with Crippen molar-refractivity contribution in [3.8, 4) is 0 Å². The Morgan fingerprint density at radius 2 is 1.76 bits per heavy atom. The highest BCUT2D eigenvalue weighted by molar-refractivity contribution is 5.83. The zero-order valence-corrected chi connectivity index (χ0v) is 9.27. The number of hydrogen-bond acceptors (Lipinski definition) is 2. The highest BCUT2D eigenvalue weighted by atomic mass is 19.4. The average Bonchev–Trinajstić information content (AvgIpc) is 2.10. The molecule has 17 heavy (non-hydrogen) atoms. The van der Waals surface area contributed by atoms with Crippen LogP contribution in [0.15, 0.2) is 0 Å². The number of amides is 1. The summed E-state index contributed by atoms with van der Waals surface area (Å²) < 4.78 is 49.3. The Balaban J connectivity index is 4.51. The number of nitrogens with one attached hydrogen (secondary N) is 1. The number of carbonyl (C=O) groups is 2. The van der Waals surface area contributed by atoms with Crippen LogP contribution in [0.25, 0.3) is 0 Å². The molecule has 0 aromatic heterocycles.